The maximum atomic E-state index is 11.8. The molecule has 0 bridgehead atoms. The summed E-state index contributed by atoms with van der Waals surface area (Å²) in [5.41, 5.74) is -0.721. The van der Waals surface area contributed by atoms with E-state index in [9.17, 15) is 9.90 Å². The van der Waals surface area contributed by atoms with Crippen molar-refractivity contribution >= 4 is 5.97 Å². The van der Waals surface area contributed by atoms with E-state index in [1.165, 1.54) is 25.7 Å². The molecule has 0 aromatic rings. The van der Waals surface area contributed by atoms with Crippen molar-refractivity contribution in [2.45, 2.75) is 82.8 Å². The Morgan fingerprint density at radius 2 is 1.95 bits per heavy atom. The van der Waals surface area contributed by atoms with Gasteiger partial charge >= 0.3 is 5.97 Å². The van der Waals surface area contributed by atoms with E-state index in [2.05, 4.69) is 17.3 Å². The maximum absolute atomic E-state index is 11.8. The Bertz CT molecular complexity index is 353. The Kier molecular flexibility index (Phi) is 5.67. The fraction of sp³-hybridized carbons (Fsp3) is 0.941. The van der Waals surface area contributed by atoms with Crippen molar-refractivity contribution in [3.63, 3.8) is 0 Å². The molecule has 0 aromatic carbocycles. The maximum Gasteiger partial charge on any atom is 0.323 e. The van der Waals surface area contributed by atoms with Gasteiger partial charge in [-0.3, -0.25) is 10.1 Å². The van der Waals surface area contributed by atoms with Crippen LogP contribution in [0.3, 0.4) is 0 Å². The first kappa shape index (κ1) is 16.8. The van der Waals surface area contributed by atoms with E-state index in [1.807, 2.05) is 13.8 Å². The predicted octanol–water partition coefficient (Wildman–Crippen LogP) is 2.87. The Labute approximate surface area is 129 Å². The number of carboxylic acids is 1. The summed E-state index contributed by atoms with van der Waals surface area (Å²) in [4.78, 5) is 14.3. The standard InChI is InChI=1S/C17H32N2O2/c1-13(2)18-17(16(20)21)10-6-9-15(11-17)19(3)12-14-7-4-5-8-14/h13-15,18H,4-12H2,1-3H3,(H,20,21). The molecular weight excluding hydrogens is 264 g/mol. The summed E-state index contributed by atoms with van der Waals surface area (Å²) < 4.78 is 0. The second-order valence-electron chi connectivity index (χ2n) is 7.53. The van der Waals surface area contributed by atoms with Crippen LogP contribution in [-0.2, 0) is 4.79 Å². The van der Waals surface area contributed by atoms with Gasteiger partial charge in [-0.25, -0.2) is 0 Å². The Balaban J connectivity index is 1.98. The highest BCUT2D eigenvalue weighted by atomic mass is 16.4. The van der Waals surface area contributed by atoms with Gasteiger partial charge in [-0.05, 0) is 65.3 Å². The van der Waals surface area contributed by atoms with Gasteiger partial charge in [0.05, 0.1) is 0 Å². The summed E-state index contributed by atoms with van der Waals surface area (Å²) in [6.45, 7) is 5.22. The lowest BCUT2D eigenvalue weighted by Gasteiger charge is -2.43. The van der Waals surface area contributed by atoms with E-state index in [0.717, 1.165) is 38.1 Å². The summed E-state index contributed by atoms with van der Waals surface area (Å²) >= 11 is 0. The molecule has 2 N–H and O–H groups in total. The molecule has 0 aliphatic heterocycles. The molecule has 122 valence electrons. The summed E-state index contributed by atoms with van der Waals surface area (Å²) in [6, 6.07) is 0.613. The predicted molar refractivity (Wildman–Crippen MR) is 85.5 cm³/mol. The van der Waals surface area contributed by atoms with E-state index >= 15 is 0 Å². The second kappa shape index (κ2) is 7.10. The summed E-state index contributed by atoms with van der Waals surface area (Å²) in [7, 11) is 2.19. The first-order valence-corrected chi connectivity index (χ1v) is 8.64. The highest BCUT2D eigenvalue weighted by Gasteiger charge is 2.44. The number of carboxylic acid groups (broad SMARTS) is 1. The molecule has 4 nitrogen and oxygen atoms in total. The lowest BCUT2D eigenvalue weighted by molar-refractivity contribution is -0.147. The Morgan fingerprint density at radius 1 is 1.29 bits per heavy atom. The first-order valence-electron chi connectivity index (χ1n) is 8.64. The monoisotopic (exact) mass is 296 g/mol. The highest BCUT2D eigenvalue weighted by Crippen LogP contribution is 2.33. The highest BCUT2D eigenvalue weighted by molar-refractivity contribution is 5.79. The fourth-order valence-corrected chi connectivity index (χ4v) is 4.31. The van der Waals surface area contributed by atoms with Crippen molar-refractivity contribution in [1.29, 1.82) is 0 Å². The van der Waals surface area contributed by atoms with E-state index < -0.39 is 11.5 Å². The molecular formula is C17H32N2O2. The molecule has 2 aliphatic carbocycles. The number of aliphatic carboxylic acids is 1. The molecule has 0 aromatic heterocycles. The van der Waals surface area contributed by atoms with Gasteiger partial charge in [0, 0.05) is 18.6 Å². The zero-order chi connectivity index (χ0) is 15.5. The molecule has 2 aliphatic rings. The van der Waals surface area contributed by atoms with E-state index in [4.69, 9.17) is 0 Å². The van der Waals surface area contributed by atoms with Gasteiger partial charge in [0.2, 0.25) is 0 Å². The molecule has 21 heavy (non-hydrogen) atoms. The Morgan fingerprint density at radius 3 is 2.52 bits per heavy atom. The van der Waals surface area contributed by atoms with Gasteiger partial charge < -0.3 is 10.0 Å². The summed E-state index contributed by atoms with van der Waals surface area (Å²) in [6.07, 6.45) is 9.09. The van der Waals surface area contributed by atoms with Crippen molar-refractivity contribution in [2.75, 3.05) is 13.6 Å². The SMILES string of the molecule is CC(C)NC1(C(=O)O)CCCC(N(C)CC2CCCC2)C1. The van der Waals surface area contributed by atoms with Crippen LogP contribution in [0.5, 0.6) is 0 Å². The number of hydrogen-bond donors (Lipinski definition) is 2. The minimum atomic E-state index is -0.721. The fourth-order valence-electron chi connectivity index (χ4n) is 4.31. The summed E-state index contributed by atoms with van der Waals surface area (Å²) in [5.74, 6) is 0.157. The molecule has 0 amide bonds. The van der Waals surface area contributed by atoms with Gasteiger partial charge in [-0.15, -0.1) is 0 Å². The quantitative estimate of drug-likeness (QED) is 0.791. The molecule has 2 saturated carbocycles. The minimum Gasteiger partial charge on any atom is -0.480 e. The van der Waals surface area contributed by atoms with Crippen molar-refractivity contribution in [3.8, 4) is 0 Å². The van der Waals surface area contributed by atoms with Gasteiger partial charge in [0.15, 0.2) is 0 Å². The van der Waals surface area contributed by atoms with E-state index in [-0.39, 0.29) is 6.04 Å². The zero-order valence-corrected chi connectivity index (χ0v) is 13.9. The normalized spacial score (nSPS) is 31.2. The second-order valence-corrected chi connectivity index (χ2v) is 7.53. The van der Waals surface area contributed by atoms with Crippen LogP contribution in [0.1, 0.15) is 65.2 Å². The molecule has 4 heteroatoms. The summed E-state index contributed by atoms with van der Waals surface area (Å²) in [5, 5.41) is 13.1. The van der Waals surface area contributed by atoms with Crippen LogP contribution in [-0.4, -0.2) is 47.2 Å². The van der Waals surface area contributed by atoms with Gasteiger partial charge in [0.25, 0.3) is 0 Å². The van der Waals surface area contributed by atoms with Crippen molar-refractivity contribution < 1.29 is 9.90 Å². The largest absolute Gasteiger partial charge is 0.480 e. The third-order valence-electron chi connectivity index (χ3n) is 5.34. The van der Waals surface area contributed by atoms with Crippen molar-refractivity contribution in [1.82, 2.24) is 10.2 Å². The van der Waals surface area contributed by atoms with Crippen LogP contribution in [0.2, 0.25) is 0 Å². The van der Waals surface area contributed by atoms with Crippen LogP contribution >= 0.6 is 0 Å². The lowest BCUT2D eigenvalue weighted by Crippen LogP contribution is -2.60. The molecule has 2 rings (SSSR count). The smallest absolute Gasteiger partial charge is 0.323 e. The third-order valence-corrected chi connectivity index (χ3v) is 5.34. The minimum absolute atomic E-state index is 0.208. The number of rotatable bonds is 6. The van der Waals surface area contributed by atoms with E-state index in [0.29, 0.717) is 6.04 Å². The van der Waals surface area contributed by atoms with Crippen molar-refractivity contribution in [3.05, 3.63) is 0 Å². The molecule has 0 heterocycles. The van der Waals surface area contributed by atoms with Crippen molar-refractivity contribution in [2.24, 2.45) is 5.92 Å². The van der Waals surface area contributed by atoms with Gasteiger partial charge in [0.1, 0.15) is 5.54 Å². The zero-order valence-electron chi connectivity index (χ0n) is 13.9. The van der Waals surface area contributed by atoms with Gasteiger partial charge in [-0.2, -0.15) is 0 Å². The third kappa shape index (κ3) is 4.19. The molecule has 0 spiro atoms. The molecule has 0 saturated heterocycles. The lowest BCUT2D eigenvalue weighted by atomic mass is 9.77. The molecule has 2 unspecified atom stereocenters. The van der Waals surface area contributed by atoms with Gasteiger partial charge in [-0.1, -0.05) is 12.8 Å². The number of carbonyl (C=O) groups is 1. The number of nitrogens with one attached hydrogen (secondary N) is 1. The molecule has 0 radical (unpaired) electrons. The van der Waals surface area contributed by atoms with E-state index in [1.54, 1.807) is 0 Å². The Hall–Kier alpha value is -0.610. The average Bonchev–Trinajstić information content (AvgIpc) is 2.91. The van der Waals surface area contributed by atoms with Crippen LogP contribution in [0, 0.1) is 5.92 Å². The number of hydrogen-bond acceptors (Lipinski definition) is 3. The molecule has 2 fully saturated rings. The van der Waals surface area contributed by atoms with Crippen LogP contribution in [0.4, 0.5) is 0 Å². The van der Waals surface area contributed by atoms with Crippen LogP contribution in [0.15, 0.2) is 0 Å². The first-order chi connectivity index (χ1) is 9.93. The molecule has 2 atom stereocenters. The topological polar surface area (TPSA) is 52.6 Å². The van der Waals surface area contributed by atoms with Crippen LogP contribution in [0.25, 0.3) is 0 Å². The number of nitrogens with zero attached hydrogens (tertiary/aromatic N) is 1. The van der Waals surface area contributed by atoms with Crippen LogP contribution < -0.4 is 5.32 Å². The average molecular weight is 296 g/mol.